The SMILES string of the molecule is CCNCCc1c(C)nn(CCS(=O)(=O)CC)c1C. The number of nitrogens with one attached hydrogen (secondary N) is 1. The van der Waals surface area contributed by atoms with E-state index in [1.54, 1.807) is 6.92 Å². The van der Waals surface area contributed by atoms with E-state index in [0.717, 1.165) is 30.9 Å². The smallest absolute Gasteiger partial charge is 0.151 e. The van der Waals surface area contributed by atoms with Crippen molar-refractivity contribution in [1.82, 2.24) is 15.1 Å². The van der Waals surface area contributed by atoms with E-state index in [0.29, 0.717) is 6.54 Å². The minimum Gasteiger partial charge on any atom is -0.317 e. The second kappa shape index (κ2) is 7.05. The van der Waals surface area contributed by atoms with Crippen LogP contribution >= 0.6 is 0 Å². The zero-order chi connectivity index (χ0) is 14.5. The van der Waals surface area contributed by atoms with Crippen molar-refractivity contribution in [3.8, 4) is 0 Å². The van der Waals surface area contributed by atoms with Gasteiger partial charge < -0.3 is 5.32 Å². The largest absolute Gasteiger partial charge is 0.317 e. The first kappa shape index (κ1) is 16.2. The molecular weight excluding hydrogens is 262 g/mol. The van der Waals surface area contributed by atoms with Crippen LogP contribution in [0.5, 0.6) is 0 Å². The lowest BCUT2D eigenvalue weighted by molar-refractivity contribution is 0.577. The van der Waals surface area contributed by atoms with Crippen LogP contribution in [-0.4, -0.2) is 42.8 Å². The molecule has 0 radical (unpaired) electrons. The number of aryl methyl sites for hydroxylation is 2. The Labute approximate surface area is 116 Å². The molecule has 0 fully saturated rings. The third kappa shape index (κ3) is 4.62. The van der Waals surface area contributed by atoms with Crippen LogP contribution in [0.25, 0.3) is 0 Å². The van der Waals surface area contributed by atoms with Crippen molar-refractivity contribution in [3.63, 3.8) is 0 Å². The summed E-state index contributed by atoms with van der Waals surface area (Å²) < 4.78 is 24.9. The summed E-state index contributed by atoms with van der Waals surface area (Å²) in [6, 6.07) is 0. The van der Waals surface area contributed by atoms with E-state index in [1.807, 2.05) is 18.5 Å². The Bertz CT molecular complexity index is 506. The molecule has 19 heavy (non-hydrogen) atoms. The van der Waals surface area contributed by atoms with Crippen molar-refractivity contribution >= 4 is 9.84 Å². The van der Waals surface area contributed by atoms with Gasteiger partial charge in [-0.1, -0.05) is 13.8 Å². The molecule has 0 saturated carbocycles. The summed E-state index contributed by atoms with van der Waals surface area (Å²) in [5.74, 6) is 0.359. The van der Waals surface area contributed by atoms with Gasteiger partial charge >= 0.3 is 0 Å². The Morgan fingerprint density at radius 3 is 2.53 bits per heavy atom. The minimum absolute atomic E-state index is 0.165. The van der Waals surface area contributed by atoms with Gasteiger partial charge in [-0.15, -0.1) is 0 Å². The molecule has 5 nitrogen and oxygen atoms in total. The average molecular weight is 287 g/mol. The summed E-state index contributed by atoms with van der Waals surface area (Å²) in [6.07, 6.45) is 0.937. The van der Waals surface area contributed by atoms with Crippen LogP contribution in [0.3, 0.4) is 0 Å². The first-order valence-corrected chi connectivity index (χ1v) is 8.67. The second-order valence-electron chi connectivity index (χ2n) is 4.71. The average Bonchev–Trinajstić information content (AvgIpc) is 2.64. The van der Waals surface area contributed by atoms with Crippen molar-refractivity contribution in [2.45, 2.75) is 40.7 Å². The van der Waals surface area contributed by atoms with Crippen LogP contribution < -0.4 is 5.32 Å². The maximum atomic E-state index is 11.5. The predicted octanol–water partition coefficient (Wildman–Crippen LogP) is 1.09. The first-order chi connectivity index (χ1) is 8.91. The number of sulfone groups is 1. The molecular formula is C13H25N3O2S. The van der Waals surface area contributed by atoms with Gasteiger partial charge in [-0.25, -0.2) is 8.42 Å². The lowest BCUT2D eigenvalue weighted by atomic mass is 10.1. The van der Waals surface area contributed by atoms with Gasteiger partial charge in [-0.05, 0) is 38.9 Å². The van der Waals surface area contributed by atoms with Crippen molar-refractivity contribution < 1.29 is 8.42 Å². The van der Waals surface area contributed by atoms with Crippen LogP contribution in [-0.2, 0) is 22.8 Å². The van der Waals surface area contributed by atoms with Gasteiger partial charge in [0.25, 0.3) is 0 Å². The highest BCUT2D eigenvalue weighted by molar-refractivity contribution is 7.91. The molecule has 0 aliphatic rings. The van der Waals surface area contributed by atoms with Crippen LogP contribution in [0.2, 0.25) is 0 Å². The fourth-order valence-electron chi connectivity index (χ4n) is 2.07. The highest BCUT2D eigenvalue weighted by Gasteiger charge is 2.13. The number of hydrogen-bond donors (Lipinski definition) is 1. The summed E-state index contributed by atoms with van der Waals surface area (Å²) in [4.78, 5) is 0. The number of rotatable bonds is 8. The van der Waals surface area contributed by atoms with Gasteiger partial charge in [0.1, 0.15) is 0 Å². The Hall–Kier alpha value is -0.880. The topological polar surface area (TPSA) is 64.0 Å². The van der Waals surface area contributed by atoms with Gasteiger partial charge in [0.2, 0.25) is 0 Å². The molecule has 0 amide bonds. The maximum absolute atomic E-state index is 11.5. The van der Waals surface area contributed by atoms with Gasteiger partial charge in [-0.2, -0.15) is 5.10 Å². The molecule has 110 valence electrons. The van der Waals surface area contributed by atoms with E-state index in [4.69, 9.17) is 0 Å². The molecule has 6 heteroatoms. The lowest BCUT2D eigenvalue weighted by Crippen LogP contribution is -2.17. The van der Waals surface area contributed by atoms with Crippen LogP contribution in [0.15, 0.2) is 0 Å². The molecule has 0 aliphatic heterocycles. The fraction of sp³-hybridized carbons (Fsp3) is 0.769. The van der Waals surface area contributed by atoms with Gasteiger partial charge in [0.15, 0.2) is 9.84 Å². The van der Waals surface area contributed by atoms with Crippen LogP contribution in [0, 0.1) is 13.8 Å². The summed E-state index contributed by atoms with van der Waals surface area (Å²) in [5.41, 5.74) is 3.32. The van der Waals surface area contributed by atoms with Crippen molar-refractivity contribution in [2.75, 3.05) is 24.6 Å². The van der Waals surface area contributed by atoms with E-state index in [2.05, 4.69) is 17.3 Å². The van der Waals surface area contributed by atoms with E-state index in [-0.39, 0.29) is 11.5 Å². The summed E-state index contributed by atoms with van der Waals surface area (Å²) in [7, 11) is -2.93. The molecule has 1 heterocycles. The third-order valence-electron chi connectivity index (χ3n) is 3.39. The van der Waals surface area contributed by atoms with E-state index < -0.39 is 9.84 Å². The summed E-state index contributed by atoms with van der Waals surface area (Å²) in [5, 5.41) is 7.74. The van der Waals surface area contributed by atoms with Gasteiger partial charge in [0, 0.05) is 11.4 Å². The third-order valence-corrected chi connectivity index (χ3v) is 5.07. The predicted molar refractivity (Wildman–Crippen MR) is 78.3 cm³/mol. The molecule has 1 aromatic rings. The Balaban J connectivity index is 2.73. The van der Waals surface area contributed by atoms with E-state index in [9.17, 15) is 8.42 Å². The lowest BCUT2D eigenvalue weighted by Gasteiger charge is -2.06. The van der Waals surface area contributed by atoms with Gasteiger partial charge in [0.05, 0.1) is 18.0 Å². The molecule has 0 bridgehead atoms. The number of nitrogens with zero attached hydrogens (tertiary/aromatic N) is 2. The van der Waals surface area contributed by atoms with Crippen LogP contribution in [0.4, 0.5) is 0 Å². The molecule has 1 rings (SSSR count). The molecule has 0 spiro atoms. The van der Waals surface area contributed by atoms with Crippen molar-refractivity contribution in [2.24, 2.45) is 0 Å². The van der Waals surface area contributed by atoms with Crippen molar-refractivity contribution in [1.29, 1.82) is 0 Å². The zero-order valence-electron chi connectivity index (χ0n) is 12.4. The summed E-state index contributed by atoms with van der Waals surface area (Å²) in [6.45, 7) is 10.1. The molecule has 0 aliphatic carbocycles. The Morgan fingerprint density at radius 1 is 1.26 bits per heavy atom. The second-order valence-corrected chi connectivity index (χ2v) is 7.19. The van der Waals surface area contributed by atoms with Crippen LogP contribution in [0.1, 0.15) is 30.8 Å². The Morgan fingerprint density at radius 2 is 1.95 bits per heavy atom. The van der Waals surface area contributed by atoms with E-state index >= 15 is 0 Å². The van der Waals surface area contributed by atoms with E-state index in [1.165, 1.54) is 5.56 Å². The minimum atomic E-state index is -2.93. The monoisotopic (exact) mass is 287 g/mol. The molecule has 0 aromatic carbocycles. The fourth-order valence-corrected chi connectivity index (χ4v) is 2.81. The molecule has 1 N–H and O–H groups in total. The molecule has 1 aromatic heterocycles. The molecule has 0 atom stereocenters. The molecule has 0 saturated heterocycles. The summed E-state index contributed by atoms with van der Waals surface area (Å²) >= 11 is 0. The Kier molecular flexibility index (Phi) is 6.00. The maximum Gasteiger partial charge on any atom is 0.151 e. The van der Waals surface area contributed by atoms with Crippen molar-refractivity contribution in [3.05, 3.63) is 17.0 Å². The number of hydrogen-bond acceptors (Lipinski definition) is 4. The molecule has 0 unspecified atom stereocenters. The quantitative estimate of drug-likeness (QED) is 0.727. The normalized spacial score (nSPS) is 12.0. The first-order valence-electron chi connectivity index (χ1n) is 6.85. The highest BCUT2D eigenvalue weighted by Crippen LogP contribution is 2.13. The number of aromatic nitrogens is 2. The van der Waals surface area contributed by atoms with Gasteiger partial charge in [-0.3, -0.25) is 4.68 Å². The number of likely N-dealkylation sites (N-methyl/N-ethyl adjacent to an activating group) is 1. The zero-order valence-corrected chi connectivity index (χ0v) is 13.2. The standard InChI is InChI=1S/C13H25N3O2S/c1-5-14-8-7-13-11(3)15-16(12(13)4)9-10-19(17,18)6-2/h14H,5-10H2,1-4H3. The highest BCUT2D eigenvalue weighted by atomic mass is 32.2.